The number of rotatable bonds is 5. The summed E-state index contributed by atoms with van der Waals surface area (Å²) in [6.07, 6.45) is 0. The summed E-state index contributed by atoms with van der Waals surface area (Å²) >= 11 is 1.33. The van der Waals surface area contributed by atoms with Gasteiger partial charge in [-0.05, 0) is 30.5 Å². The van der Waals surface area contributed by atoms with Crippen molar-refractivity contribution in [2.75, 3.05) is 6.61 Å². The van der Waals surface area contributed by atoms with E-state index >= 15 is 0 Å². The van der Waals surface area contributed by atoms with E-state index in [9.17, 15) is 9.59 Å². The topological polar surface area (TPSA) is 56.3 Å². The first kappa shape index (κ1) is 18.1. The molecule has 2 aromatic carbocycles. The normalized spacial score (nSPS) is 10.8. The summed E-state index contributed by atoms with van der Waals surface area (Å²) in [4.78, 5) is 30.2. The van der Waals surface area contributed by atoms with Crippen LogP contribution < -0.4 is 0 Å². The lowest BCUT2D eigenvalue weighted by Crippen LogP contribution is -2.14. The van der Waals surface area contributed by atoms with Crippen molar-refractivity contribution in [1.29, 1.82) is 0 Å². The number of carbonyl (C=O) groups is 2. The molecule has 0 fully saturated rings. The van der Waals surface area contributed by atoms with Gasteiger partial charge in [0.2, 0.25) is 5.78 Å². The number of pyridine rings is 1. The molecule has 0 spiro atoms. The third-order valence-electron chi connectivity index (χ3n) is 4.41. The molecule has 0 saturated heterocycles. The molecule has 0 N–H and O–H groups in total. The summed E-state index contributed by atoms with van der Waals surface area (Å²) in [6, 6.07) is 20.6. The first-order valence-electron chi connectivity index (χ1n) is 8.82. The van der Waals surface area contributed by atoms with Crippen molar-refractivity contribution in [2.45, 2.75) is 6.92 Å². The molecule has 4 aromatic rings. The Morgan fingerprint density at radius 3 is 2.54 bits per heavy atom. The standard InChI is InChI=1S/C23H17NO3S/c1-15-8-10-16(11-9-15)20-13-18(17-5-2-3-6-19(17)24-20)23(26)27-14-21(25)22-7-4-12-28-22/h2-13H,14H2,1H3. The van der Waals surface area contributed by atoms with E-state index in [-0.39, 0.29) is 12.4 Å². The molecule has 0 unspecified atom stereocenters. The van der Waals surface area contributed by atoms with Crippen molar-refractivity contribution in [2.24, 2.45) is 0 Å². The summed E-state index contributed by atoms with van der Waals surface area (Å²) in [7, 11) is 0. The zero-order valence-corrected chi connectivity index (χ0v) is 16.0. The fourth-order valence-corrected chi connectivity index (χ4v) is 3.58. The Hall–Kier alpha value is -3.31. The second-order valence-electron chi connectivity index (χ2n) is 6.41. The summed E-state index contributed by atoms with van der Waals surface area (Å²) in [6.45, 7) is 1.74. The largest absolute Gasteiger partial charge is 0.454 e. The molecule has 0 radical (unpaired) electrons. The molecular weight excluding hydrogens is 370 g/mol. The van der Waals surface area contributed by atoms with Gasteiger partial charge < -0.3 is 4.74 Å². The van der Waals surface area contributed by atoms with Crippen molar-refractivity contribution in [3.8, 4) is 11.3 Å². The molecule has 0 amide bonds. The molecule has 0 aliphatic heterocycles. The predicted molar refractivity (Wildman–Crippen MR) is 111 cm³/mol. The van der Waals surface area contributed by atoms with Gasteiger partial charge in [0.25, 0.3) is 0 Å². The average Bonchev–Trinajstić information content (AvgIpc) is 3.26. The molecule has 138 valence electrons. The lowest BCUT2D eigenvalue weighted by molar-refractivity contribution is 0.0478. The first-order chi connectivity index (χ1) is 13.6. The zero-order valence-electron chi connectivity index (χ0n) is 15.2. The van der Waals surface area contributed by atoms with Gasteiger partial charge in [0.05, 0.1) is 21.7 Å². The molecular formula is C23H17NO3S. The Labute approximate surface area is 166 Å². The van der Waals surface area contributed by atoms with Crippen LogP contribution in [0, 0.1) is 6.92 Å². The number of thiophene rings is 1. The van der Waals surface area contributed by atoms with E-state index in [0.717, 1.165) is 11.1 Å². The number of para-hydroxylation sites is 1. The Morgan fingerprint density at radius 1 is 1.00 bits per heavy atom. The van der Waals surface area contributed by atoms with Crippen LogP contribution in [0.1, 0.15) is 25.6 Å². The van der Waals surface area contributed by atoms with Crippen molar-refractivity contribution in [3.63, 3.8) is 0 Å². The minimum absolute atomic E-state index is 0.208. The molecule has 2 heterocycles. The van der Waals surface area contributed by atoms with E-state index in [1.54, 1.807) is 18.2 Å². The quantitative estimate of drug-likeness (QED) is 0.344. The van der Waals surface area contributed by atoms with Crippen LogP contribution in [0.25, 0.3) is 22.2 Å². The van der Waals surface area contributed by atoms with Crippen LogP contribution in [0.2, 0.25) is 0 Å². The minimum atomic E-state index is -0.531. The molecule has 0 saturated carbocycles. The van der Waals surface area contributed by atoms with Crippen LogP contribution in [-0.4, -0.2) is 23.3 Å². The van der Waals surface area contributed by atoms with E-state index < -0.39 is 5.97 Å². The second kappa shape index (κ2) is 7.74. The molecule has 2 aromatic heterocycles. The summed E-state index contributed by atoms with van der Waals surface area (Å²) in [5.41, 5.74) is 3.86. The molecule has 0 aliphatic rings. The molecule has 0 atom stereocenters. The second-order valence-corrected chi connectivity index (χ2v) is 7.36. The maximum Gasteiger partial charge on any atom is 0.339 e. The number of ether oxygens (including phenoxy) is 1. The minimum Gasteiger partial charge on any atom is -0.454 e. The number of hydrogen-bond acceptors (Lipinski definition) is 5. The van der Waals surface area contributed by atoms with Gasteiger partial charge in [-0.25, -0.2) is 9.78 Å². The Bertz CT molecular complexity index is 1150. The highest BCUT2D eigenvalue weighted by molar-refractivity contribution is 7.12. The number of aromatic nitrogens is 1. The summed E-state index contributed by atoms with van der Waals surface area (Å²) in [5.74, 6) is -0.739. The molecule has 28 heavy (non-hydrogen) atoms. The monoisotopic (exact) mass is 387 g/mol. The van der Waals surface area contributed by atoms with Gasteiger partial charge in [-0.1, -0.05) is 54.1 Å². The highest BCUT2D eigenvalue weighted by Crippen LogP contribution is 2.26. The van der Waals surface area contributed by atoms with Crippen molar-refractivity contribution in [3.05, 3.63) is 88.1 Å². The number of aryl methyl sites for hydroxylation is 1. The van der Waals surface area contributed by atoms with E-state index in [1.165, 1.54) is 11.3 Å². The van der Waals surface area contributed by atoms with Gasteiger partial charge in [-0.3, -0.25) is 4.79 Å². The predicted octanol–water partition coefficient (Wildman–Crippen LogP) is 5.31. The van der Waals surface area contributed by atoms with Gasteiger partial charge in [-0.2, -0.15) is 0 Å². The maximum absolute atomic E-state index is 12.8. The molecule has 5 heteroatoms. The third kappa shape index (κ3) is 3.70. The first-order valence-corrected chi connectivity index (χ1v) is 9.70. The smallest absolute Gasteiger partial charge is 0.339 e. The number of nitrogens with zero attached hydrogens (tertiary/aromatic N) is 1. The van der Waals surface area contributed by atoms with E-state index in [0.29, 0.717) is 27.0 Å². The highest BCUT2D eigenvalue weighted by Gasteiger charge is 2.17. The Kier molecular flexibility index (Phi) is 5.00. The van der Waals surface area contributed by atoms with Crippen LogP contribution in [0.3, 0.4) is 0 Å². The number of benzene rings is 2. The third-order valence-corrected chi connectivity index (χ3v) is 5.32. The van der Waals surface area contributed by atoms with Crippen LogP contribution in [0.5, 0.6) is 0 Å². The van der Waals surface area contributed by atoms with Gasteiger partial charge in [0, 0.05) is 10.9 Å². The number of carbonyl (C=O) groups excluding carboxylic acids is 2. The van der Waals surface area contributed by atoms with Crippen molar-refractivity contribution in [1.82, 2.24) is 4.98 Å². The molecule has 4 rings (SSSR count). The molecule has 0 bridgehead atoms. The fourth-order valence-electron chi connectivity index (χ4n) is 2.93. The Morgan fingerprint density at radius 2 is 1.79 bits per heavy atom. The van der Waals surface area contributed by atoms with Crippen molar-refractivity contribution < 1.29 is 14.3 Å². The number of esters is 1. The van der Waals surface area contributed by atoms with E-state index in [4.69, 9.17) is 4.74 Å². The van der Waals surface area contributed by atoms with E-state index in [2.05, 4.69) is 4.98 Å². The van der Waals surface area contributed by atoms with Gasteiger partial charge >= 0.3 is 5.97 Å². The average molecular weight is 387 g/mol. The van der Waals surface area contributed by atoms with E-state index in [1.807, 2.05) is 60.8 Å². The number of Topliss-reactive ketones (excluding diaryl/α,β-unsaturated/α-hetero) is 1. The van der Waals surface area contributed by atoms with Crippen LogP contribution in [0.4, 0.5) is 0 Å². The summed E-state index contributed by atoms with van der Waals surface area (Å²) < 4.78 is 5.32. The SMILES string of the molecule is Cc1ccc(-c2cc(C(=O)OCC(=O)c3cccs3)c3ccccc3n2)cc1. The Balaban J connectivity index is 1.67. The van der Waals surface area contributed by atoms with Gasteiger partial charge in [-0.15, -0.1) is 11.3 Å². The summed E-state index contributed by atoms with van der Waals surface area (Å²) in [5, 5.41) is 2.52. The van der Waals surface area contributed by atoms with Crippen LogP contribution >= 0.6 is 11.3 Å². The molecule has 0 aliphatic carbocycles. The maximum atomic E-state index is 12.8. The lowest BCUT2D eigenvalue weighted by atomic mass is 10.0. The van der Waals surface area contributed by atoms with Gasteiger partial charge in [0.15, 0.2) is 6.61 Å². The number of hydrogen-bond donors (Lipinski definition) is 0. The number of ketones is 1. The fraction of sp³-hybridized carbons (Fsp3) is 0.0870. The highest BCUT2D eigenvalue weighted by atomic mass is 32.1. The lowest BCUT2D eigenvalue weighted by Gasteiger charge is -2.10. The van der Waals surface area contributed by atoms with Crippen LogP contribution in [-0.2, 0) is 4.74 Å². The number of fused-ring (bicyclic) bond motifs is 1. The van der Waals surface area contributed by atoms with Crippen molar-refractivity contribution >= 4 is 34.0 Å². The molecule has 4 nitrogen and oxygen atoms in total. The van der Waals surface area contributed by atoms with Crippen LogP contribution in [0.15, 0.2) is 72.1 Å². The zero-order chi connectivity index (χ0) is 19.5. The van der Waals surface area contributed by atoms with Gasteiger partial charge in [0.1, 0.15) is 0 Å².